The van der Waals surface area contributed by atoms with E-state index in [1.165, 1.54) is 48.6 Å². The highest BCUT2D eigenvalue weighted by Gasteiger charge is 2.09. The van der Waals surface area contributed by atoms with Gasteiger partial charge in [-0.15, -0.1) is 0 Å². The highest BCUT2D eigenvalue weighted by atomic mass is 19.1. The largest absolute Gasteiger partial charge is 0.322 e. The summed E-state index contributed by atoms with van der Waals surface area (Å²) in [5.41, 5.74) is 7.57. The maximum Gasteiger partial charge on any atom is 0.269 e. The van der Waals surface area contributed by atoms with Crippen molar-refractivity contribution < 1.29 is 18.8 Å². The molecule has 0 atom stereocenters. The zero-order chi connectivity index (χ0) is 22.2. The molecule has 0 spiro atoms. The fourth-order valence-electron chi connectivity index (χ4n) is 2.67. The van der Waals surface area contributed by atoms with Gasteiger partial charge in [0, 0.05) is 22.9 Å². The minimum atomic E-state index is -0.542. The summed E-state index contributed by atoms with van der Waals surface area (Å²) in [5.74, 6) is -1.67. The number of carbonyl (C=O) groups is 3. The summed E-state index contributed by atoms with van der Waals surface area (Å²) < 4.78 is 12.9. The molecule has 3 amide bonds. The molecule has 156 valence electrons. The Morgan fingerprint density at radius 1 is 0.806 bits per heavy atom. The number of rotatable bonds is 5. The molecule has 3 aromatic rings. The minimum absolute atomic E-state index is 0.249. The Bertz CT molecular complexity index is 1120. The minimum Gasteiger partial charge on any atom is -0.322 e. The maximum atomic E-state index is 12.9. The number of hydrazine groups is 1. The van der Waals surface area contributed by atoms with E-state index in [1.807, 2.05) is 13.0 Å². The van der Waals surface area contributed by atoms with Crippen molar-refractivity contribution in [2.24, 2.45) is 0 Å². The molecule has 0 unspecified atom stereocenters. The van der Waals surface area contributed by atoms with Gasteiger partial charge in [0.2, 0.25) is 0 Å². The highest BCUT2D eigenvalue weighted by molar-refractivity contribution is 6.04. The lowest BCUT2D eigenvalue weighted by Crippen LogP contribution is -2.40. The fraction of sp³-hybridized carbons (Fsp3) is 0.0417. The number of hydrogen-bond donors (Lipinski definition) is 3. The van der Waals surface area contributed by atoms with Crippen LogP contribution in [0, 0.1) is 12.7 Å². The van der Waals surface area contributed by atoms with Crippen molar-refractivity contribution in [3.63, 3.8) is 0 Å². The van der Waals surface area contributed by atoms with E-state index in [1.54, 1.807) is 30.3 Å². The van der Waals surface area contributed by atoms with Gasteiger partial charge in [0.15, 0.2) is 0 Å². The van der Waals surface area contributed by atoms with Crippen molar-refractivity contribution in [1.82, 2.24) is 10.9 Å². The molecule has 0 saturated heterocycles. The van der Waals surface area contributed by atoms with Crippen LogP contribution < -0.4 is 16.2 Å². The molecule has 0 aliphatic heterocycles. The zero-order valence-corrected chi connectivity index (χ0v) is 16.7. The Balaban J connectivity index is 1.51. The average Bonchev–Trinajstić information content (AvgIpc) is 2.77. The summed E-state index contributed by atoms with van der Waals surface area (Å²) in [6.45, 7) is 1.90. The molecule has 3 N–H and O–H groups in total. The van der Waals surface area contributed by atoms with Gasteiger partial charge in [-0.05, 0) is 67.1 Å². The smallest absolute Gasteiger partial charge is 0.269 e. The number of halogens is 1. The van der Waals surface area contributed by atoms with Gasteiger partial charge < -0.3 is 5.32 Å². The number of benzene rings is 3. The Hall–Kier alpha value is -4.26. The lowest BCUT2D eigenvalue weighted by Gasteiger charge is -2.08. The molecule has 6 nitrogen and oxygen atoms in total. The molecular weight excluding hydrogens is 397 g/mol. The predicted octanol–water partition coefficient (Wildman–Crippen LogP) is 3.86. The van der Waals surface area contributed by atoms with Crippen LogP contribution in [0.25, 0.3) is 6.08 Å². The topological polar surface area (TPSA) is 87.3 Å². The van der Waals surface area contributed by atoms with E-state index in [4.69, 9.17) is 0 Å². The SMILES string of the molecule is Cc1cccc(C(=O)Nc2ccc(C(=O)NNC(=O)/C=C/c3ccc(F)cc3)cc2)c1. The number of carbonyl (C=O) groups excluding carboxylic acids is 3. The average molecular weight is 417 g/mol. The molecule has 0 aliphatic carbocycles. The quantitative estimate of drug-likeness (QED) is 0.435. The van der Waals surface area contributed by atoms with Gasteiger partial charge in [-0.25, -0.2) is 4.39 Å². The van der Waals surface area contributed by atoms with Crippen LogP contribution in [0.1, 0.15) is 31.8 Å². The van der Waals surface area contributed by atoms with E-state index in [0.717, 1.165) is 5.56 Å². The van der Waals surface area contributed by atoms with Gasteiger partial charge >= 0.3 is 0 Å². The van der Waals surface area contributed by atoms with Gasteiger partial charge in [-0.1, -0.05) is 29.8 Å². The third kappa shape index (κ3) is 6.37. The van der Waals surface area contributed by atoms with Crippen LogP contribution in [-0.4, -0.2) is 17.7 Å². The van der Waals surface area contributed by atoms with Gasteiger partial charge in [0.25, 0.3) is 17.7 Å². The molecule has 7 heteroatoms. The maximum absolute atomic E-state index is 12.9. The first kappa shape index (κ1) is 21.4. The molecule has 0 bridgehead atoms. The van der Waals surface area contributed by atoms with E-state index in [2.05, 4.69) is 16.2 Å². The number of hydrogen-bond acceptors (Lipinski definition) is 3. The molecule has 0 saturated carbocycles. The molecular formula is C24H20FN3O3. The molecule has 3 aromatic carbocycles. The van der Waals surface area contributed by atoms with Gasteiger partial charge in [-0.2, -0.15) is 0 Å². The van der Waals surface area contributed by atoms with Crippen molar-refractivity contribution >= 4 is 29.5 Å². The third-order valence-corrected chi connectivity index (χ3v) is 4.28. The van der Waals surface area contributed by atoms with Crippen LogP contribution in [0.15, 0.2) is 78.9 Å². The molecule has 31 heavy (non-hydrogen) atoms. The standard InChI is InChI=1S/C24H20FN3O3/c1-16-3-2-4-19(15-16)23(30)26-21-12-8-18(9-13-21)24(31)28-27-22(29)14-7-17-5-10-20(25)11-6-17/h2-15H,1H3,(H,26,30)(H,27,29)(H,28,31)/b14-7+. The first-order valence-electron chi connectivity index (χ1n) is 9.43. The summed E-state index contributed by atoms with van der Waals surface area (Å²) in [6, 6.07) is 19.1. The van der Waals surface area contributed by atoms with Crippen LogP contribution in [0.4, 0.5) is 10.1 Å². The van der Waals surface area contributed by atoms with Crippen LogP contribution in [0.5, 0.6) is 0 Å². The third-order valence-electron chi connectivity index (χ3n) is 4.28. The Kier molecular flexibility index (Phi) is 6.90. The fourth-order valence-corrected chi connectivity index (χ4v) is 2.67. The summed E-state index contributed by atoms with van der Waals surface area (Å²) in [6.07, 6.45) is 2.71. The predicted molar refractivity (Wildman–Crippen MR) is 117 cm³/mol. The number of amides is 3. The molecule has 0 fully saturated rings. The second kappa shape index (κ2) is 9.98. The lowest BCUT2D eigenvalue weighted by atomic mass is 10.1. The number of nitrogens with one attached hydrogen (secondary N) is 3. The van der Waals surface area contributed by atoms with E-state index in [0.29, 0.717) is 22.4 Å². The van der Waals surface area contributed by atoms with Crippen molar-refractivity contribution in [3.05, 3.63) is 107 Å². The van der Waals surface area contributed by atoms with Gasteiger partial charge in [-0.3, -0.25) is 25.2 Å². The summed E-state index contributed by atoms with van der Waals surface area (Å²) in [7, 11) is 0. The van der Waals surface area contributed by atoms with Crippen molar-refractivity contribution in [2.45, 2.75) is 6.92 Å². The van der Waals surface area contributed by atoms with E-state index in [-0.39, 0.29) is 11.7 Å². The highest BCUT2D eigenvalue weighted by Crippen LogP contribution is 2.12. The number of aryl methyl sites for hydroxylation is 1. The first-order valence-corrected chi connectivity index (χ1v) is 9.43. The van der Waals surface area contributed by atoms with Crippen LogP contribution in [0.3, 0.4) is 0 Å². The van der Waals surface area contributed by atoms with Crippen LogP contribution in [0.2, 0.25) is 0 Å². The summed E-state index contributed by atoms with van der Waals surface area (Å²) >= 11 is 0. The Morgan fingerprint density at radius 3 is 2.19 bits per heavy atom. The summed E-state index contributed by atoms with van der Waals surface area (Å²) in [5, 5.41) is 2.76. The number of anilines is 1. The second-order valence-electron chi connectivity index (χ2n) is 6.73. The van der Waals surface area contributed by atoms with Gasteiger partial charge in [0.05, 0.1) is 0 Å². The monoisotopic (exact) mass is 417 g/mol. The van der Waals surface area contributed by atoms with Crippen LogP contribution >= 0.6 is 0 Å². The van der Waals surface area contributed by atoms with E-state index in [9.17, 15) is 18.8 Å². The molecule has 0 aliphatic rings. The molecule has 0 aromatic heterocycles. The summed E-state index contributed by atoms with van der Waals surface area (Å²) in [4.78, 5) is 36.3. The lowest BCUT2D eigenvalue weighted by molar-refractivity contribution is -0.117. The molecule has 0 radical (unpaired) electrons. The molecule has 0 heterocycles. The molecule has 3 rings (SSSR count). The van der Waals surface area contributed by atoms with Gasteiger partial charge in [0.1, 0.15) is 5.82 Å². The zero-order valence-electron chi connectivity index (χ0n) is 16.7. The Morgan fingerprint density at radius 2 is 1.52 bits per heavy atom. The normalized spacial score (nSPS) is 10.5. The van der Waals surface area contributed by atoms with E-state index >= 15 is 0 Å². The van der Waals surface area contributed by atoms with E-state index < -0.39 is 11.8 Å². The van der Waals surface area contributed by atoms with Crippen molar-refractivity contribution in [3.8, 4) is 0 Å². The second-order valence-corrected chi connectivity index (χ2v) is 6.73. The van der Waals surface area contributed by atoms with Crippen molar-refractivity contribution in [1.29, 1.82) is 0 Å². The van der Waals surface area contributed by atoms with Crippen LogP contribution in [-0.2, 0) is 4.79 Å². The first-order chi connectivity index (χ1) is 14.9. The van der Waals surface area contributed by atoms with Crippen molar-refractivity contribution in [2.75, 3.05) is 5.32 Å². The Labute approximate surface area is 178 Å².